The van der Waals surface area contributed by atoms with E-state index in [0.29, 0.717) is 0 Å². The summed E-state index contributed by atoms with van der Waals surface area (Å²) in [5.74, 6) is 0. The fraction of sp³-hybridized carbons (Fsp3) is 0.385. The van der Waals surface area contributed by atoms with Crippen molar-refractivity contribution < 1.29 is 0 Å². The van der Waals surface area contributed by atoms with Crippen LogP contribution >= 0.6 is 0 Å². The van der Waals surface area contributed by atoms with Crippen LogP contribution < -0.4 is 0 Å². The number of allylic oxidation sites excluding steroid dienone is 1. The first-order valence-corrected chi connectivity index (χ1v) is 4.93. The molecule has 72 valence electrons. The Balaban J connectivity index is 0.000000424. The Labute approximate surface area is 82.3 Å². The lowest BCUT2D eigenvalue weighted by Crippen LogP contribution is -1.71. The van der Waals surface area contributed by atoms with Gasteiger partial charge in [-0.1, -0.05) is 62.2 Å². The van der Waals surface area contributed by atoms with E-state index in [9.17, 15) is 0 Å². The average molecular weight is 176 g/mol. The second-order valence-corrected chi connectivity index (χ2v) is 3.12. The third-order valence-electron chi connectivity index (χ3n) is 1.44. The molecule has 0 N–H and O–H groups in total. The van der Waals surface area contributed by atoms with E-state index in [2.05, 4.69) is 51.1 Å². The van der Waals surface area contributed by atoms with Gasteiger partial charge in [-0.15, -0.1) is 0 Å². The first-order chi connectivity index (χ1) is 6.24. The van der Waals surface area contributed by atoms with E-state index in [0.717, 1.165) is 0 Å². The fourth-order valence-electron chi connectivity index (χ4n) is 0.870. The largest absolute Gasteiger partial charge is 0.0871 e. The third-order valence-corrected chi connectivity index (χ3v) is 1.44. The molecular weight excluding hydrogens is 156 g/mol. The van der Waals surface area contributed by atoms with Crippen LogP contribution in [0.3, 0.4) is 0 Å². The smallest absolute Gasteiger partial charge is 0.0260 e. The standard InChI is InChI=1S/C10H12.C3H8/c1-3-4-10-7-5-9(2)6-8-10;1-3-2/h3-8H,1-2H3;3H2,1-2H3/b4-3+;. The van der Waals surface area contributed by atoms with Gasteiger partial charge in [-0.3, -0.25) is 0 Å². The Hall–Kier alpha value is -1.04. The number of aryl methyl sites for hydroxylation is 1. The van der Waals surface area contributed by atoms with E-state index in [4.69, 9.17) is 0 Å². The molecule has 0 aliphatic carbocycles. The van der Waals surface area contributed by atoms with Crippen molar-refractivity contribution in [3.8, 4) is 0 Å². The van der Waals surface area contributed by atoms with E-state index < -0.39 is 0 Å². The van der Waals surface area contributed by atoms with Gasteiger partial charge in [0, 0.05) is 0 Å². The Morgan fingerprint density at radius 2 is 1.54 bits per heavy atom. The summed E-state index contributed by atoms with van der Waals surface area (Å²) in [4.78, 5) is 0. The highest BCUT2D eigenvalue weighted by Crippen LogP contribution is 2.04. The molecule has 0 radical (unpaired) electrons. The minimum atomic E-state index is 1.25. The van der Waals surface area contributed by atoms with Gasteiger partial charge in [-0.25, -0.2) is 0 Å². The molecule has 0 bridgehead atoms. The van der Waals surface area contributed by atoms with Gasteiger partial charge in [0.15, 0.2) is 0 Å². The molecule has 0 heteroatoms. The van der Waals surface area contributed by atoms with Crippen molar-refractivity contribution in [3.63, 3.8) is 0 Å². The van der Waals surface area contributed by atoms with Gasteiger partial charge in [0.05, 0.1) is 0 Å². The number of hydrogen-bond donors (Lipinski definition) is 0. The van der Waals surface area contributed by atoms with Crippen molar-refractivity contribution in [3.05, 3.63) is 41.5 Å². The van der Waals surface area contributed by atoms with Crippen LogP contribution in [-0.4, -0.2) is 0 Å². The van der Waals surface area contributed by atoms with Crippen LogP contribution in [0.5, 0.6) is 0 Å². The molecule has 0 fully saturated rings. The average Bonchev–Trinajstić information content (AvgIpc) is 2.11. The lowest BCUT2D eigenvalue weighted by Gasteiger charge is -1.92. The van der Waals surface area contributed by atoms with Crippen LogP contribution in [0.1, 0.15) is 38.3 Å². The van der Waals surface area contributed by atoms with Crippen LogP contribution in [0, 0.1) is 6.92 Å². The number of rotatable bonds is 1. The zero-order valence-corrected chi connectivity index (χ0v) is 9.17. The van der Waals surface area contributed by atoms with Crippen LogP contribution in [0.15, 0.2) is 30.3 Å². The molecule has 13 heavy (non-hydrogen) atoms. The van der Waals surface area contributed by atoms with Crippen molar-refractivity contribution in [2.75, 3.05) is 0 Å². The predicted molar refractivity (Wildman–Crippen MR) is 61.9 cm³/mol. The number of benzene rings is 1. The van der Waals surface area contributed by atoms with Gasteiger partial charge < -0.3 is 0 Å². The normalized spacial score (nSPS) is 9.54. The highest BCUT2D eigenvalue weighted by molar-refractivity contribution is 5.48. The van der Waals surface area contributed by atoms with Gasteiger partial charge in [0.2, 0.25) is 0 Å². The maximum Gasteiger partial charge on any atom is -0.0260 e. The summed E-state index contributed by atoms with van der Waals surface area (Å²) in [6.07, 6.45) is 5.39. The monoisotopic (exact) mass is 176 g/mol. The molecular formula is C13H20. The topological polar surface area (TPSA) is 0 Å². The maximum absolute atomic E-state index is 2.12. The second kappa shape index (κ2) is 7.60. The number of hydrogen-bond acceptors (Lipinski definition) is 0. The van der Waals surface area contributed by atoms with Crippen LogP contribution in [0.2, 0.25) is 0 Å². The molecule has 0 heterocycles. The molecule has 0 amide bonds. The molecule has 1 rings (SSSR count). The van der Waals surface area contributed by atoms with E-state index in [-0.39, 0.29) is 0 Å². The Morgan fingerprint density at radius 3 is 1.92 bits per heavy atom. The molecule has 1 aromatic carbocycles. The first-order valence-electron chi connectivity index (χ1n) is 4.93. The van der Waals surface area contributed by atoms with Crippen molar-refractivity contribution in [1.29, 1.82) is 0 Å². The molecule has 0 aliphatic rings. The minimum Gasteiger partial charge on any atom is -0.0871 e. The fourth-order valence-corrected chi connectivity index (χ4v) is 0.870. The molecule has 0 saturated heterocycles. The molecule has 0 unspecified atom stereocenters. The highest BCUT2D eigenvalue weighted by Gasteiger charge is 1.83. The van der Waals surface area contributed by atoms with Gasteiger partial charge in [-0.2, -0.15) is 0 Å². The second-order valence-electron chi connectivity index (χ2n) is 3.12. The summed E-state index contributed by atoms with van der Waals surface area (Å²) in [6.45, 7) is 8.37. The summed E-state index contributed by atoms with van der Waals surface area (Å²) in [6, 6.07) is 8.48. The van der Waals surface area contributed by atoms with Crippen molar-refractivity contribution in [1.82, 2.24) is 0 Å². The molecule has 0 aromatic heterocycles. The van der Waals surface area contributed by atoms with E-state index in [1.807, 2.05) is 13.0 Å². The van der Waals surface area contributed by atoms with Crippen LogP contribution in [0.4, 0.5) is 0 Å². The molecule has 0 spiro atoms. The quantitative estimate of drug-likeness (QED) is 0.593. The van der Waals surface area contributed by atoms with Crippen LogP contribution in [0.25, 0.3) is 6.08 Å². The van der Waals surface area contributed by atoms with Gasteiger partial charge in [0.1, 0.15) is 0 Å². The van der Waals surface area contributed by atoms with Gasteiger partial charge >= 0.3 is 0 Å². The predicted octanol–water partition coefficient (Wildman–Crippen LogP) is 4.44. The molecule has 0 aliphatic heterocycles. The van der Waals surface area contributed by atoms with E-state index in [1.165, 1.54) is 17.5 Å². The lowest BCUT2D eigenvalue weighted by atomic mass is 10.1. The van der Waals surface area contributed by atoms with E-state index >= 15 is 0 Å². The van der Waals surface area contributed by atoms with E-state index in [1.54, 1.807) is 0 Å². The zero-order chi connectivity index (χ0) is 10.1. The van der Waals surface area contributed by atoms with Crippen molar-refractivity contribution in [2.24, 2.45) is 0 Å². The summed E-state index contributed by atoms with van der Waals surface area (Å²) in [7, 11) is 0. The minimum absolute atomic E-state index is 1.25. The Bertz CT molecular complexity index is 229. The molecule has 1 aromatic rings. The first kappa shape index (κ1) is 12.0. The zero-order valence-electron chi connectivity index (χ0n) is 9.17. The Morgan fingerprint density at radius 1 is 1.08 bits per heavy atom. The van der Waals surface area contributed by atoms with Crippen molar-refractivity contribution in [2.45, 2.75) is 34.1 Å². The molecule has 0 nitrogen and oxygen atoms in total. The molecule has 0 atom stereocenters. The Kier molecular flexibility index (Phi) is 6.99. The van der Waals surface area contributed by atoms with Gasteiger partial charge in [-0.05, 0) is 19.4 Å². The summed E-state index contributed by atoms with van der Waals surface area (Å²) < 4.78 is 0. The summed E-state index contributed by atoms with van der Waals surface area (Å²) in [5, 5.41) is 0. The highest BCUT2D eigenvalue weighted by atomic mass is 13.9. The summed E-state index contributed by atoms with van der Waals surface area (Å²) >= 11 is 0. The molecule has 0 saturated carbocycles. The lowest BCUT2D eigenvalue weighted by molar-refractivity contribution is 1.09. The van der Waals surface area contributed by atoms with Crippen LogP contribution in [-0.2, 0) is 0 Å². The SMILES string of the molecule is C/C=C/c1ccc(C)cc1.CCC. The third kappa shape index (κ3) is 6.15. The van der Waals surface area contributed by atoms with Gasteiger partial charge in [0.25, 0.3) is 0 Å². The maximum atomic E-state index is 2.12. The summed E-state index contributed by atoms with van der Waals surface area (Å²) in [5.41, 5.74) is 2.58. The van der Waals surface area contributed by atoms with Crippen molar-refractivity contribution >= 4 is 6.08 Å².